The van der Waals surface area contributed by atoms with Crippen LogP contribution >= 0.6 is 0 Å². The van der Waals surface area contributed by atoms with Gasteiger partial charge in [-0.05, 0) is 24.5 Å². The highest BCUT2D eigenvalue weighted by Gasteiger charge is 2.34. The van der Waals surface area contributed by atoms with Crippen molar-refractivity contribution < 1.29 is 14.3 Å². The van der Waals surface area contributed by atoms with Crippen LogP contribution in [-0.4, -0.2) is 18.7 Å². The van der Waals surface area contributed by atoms with Gasteiger partial charge in [0, 0.05) is 30.2 Å². The molecule has 0 aliphatic heterocycles. The van der Waals surface area contributed by atoms with Crippen LogP contribution in [0.4, 0.5) is 0 Å². The summed E-state index contributed by atoms with van der Waals surface area (Å²) in [6.07, 6.45) is 3.81. The van der Waals surface area contributed by atoms with Gasteiger partial charge < -0.3 is 4.74 Å². The smallest absolute Gasteiger partial charge is 0.163 e. The number of hydrogen-bond acceptors (Lipinski definition) is 3. The number of methoxy groups -OCH3 is 1. The van der Waals surface area contributed by atoms with Gasteiger partial charge >= 0.3 is 0 Å². The maximum absolute atomic E-state index is 12.8. The fraction of sp³-hybridized carbons (Fsp3) is 0.364. The number of hydrogen-bond donors (Lipinski definition) is 0. The summed E-state index contributed by atoms with van der Waals surface area (Å²) in [4.78, 5) is 25.4. The van der Waals surface area contributed by atoms with Crippen molar-refractivity contribution >= 4 is 11.6 Å². The van der Waals surface area contributed by atoms with Gasteiger partial charge in [0.15, 0.2) is 5.78 Å². The molecule has 0 amide bonds. The lowest BCUT2D eigenvalue weighted by molar-refractivity contribution is -0.125. The van der Waals surface area contributed by atoms with E-state index < -0.39 is 0 Å². The molecule has 1 saturated carbocycles. The number of carbonyl (C=O) groups is 2. The maximum atomic E-state index is 12.8. The van der Waals surface area contributed by atoms with Gasteiger partial charge in [-0.15, -0.1) is 0 Å². The second-order valence-corrected chi connectivity index (χ2v) is 6.66. The van der Waals surface area contributed by atoms with Crippen LogP contribution in [0.5, 0.6) is 5.75 Å². The highest BCUT2D eigenvalue weighted by Crippen LogP contribution is 2.40. The van der Waals surface area contributed by atoms with E-state index in [9.17, 15) is 9.59 Å². The first-order valence-corrected chi connectivity index (χ1v) is 8.94. The number of benzene rings is 2. The van der Waals surface area contributed by atoms with Gasteiger partial charge in [-0.3, -0.25) is 9.59 Å². The average Bonchev–Trinajstić information content (AvgIpc) is 2.67. The van der Waals surface area contributed by atoms with E-state index >= 15 is 0 Å². The molecule has 0 aromatic heterocycles. The van der Waals surface area contributed by atoms with Crippen molar-refractivity contribution in [1.29, 1.82) is 0 Å². The number of ketones is 2. The minimum absolute atomic E-state index is 0.0786. The maximum Gasteiger partial charge on any atom is 0.163 e. The van der Waals surface area contributed by atoms with Gasteiger partial charge in [0.2, 0.25) is 0 Å². The molecular formula is C22H24O3. The standard InChI is InChI=1S/C22H24O3/c1-25-22-14-8-6-12-18(22)19(17-11-5-7-13-20(17)23)15-21(24)16-9-3-2-4-10-16/h2-4,6,8-10,12,14,17,19H,5,7,11,13,15H2,1H3/t17-,19+/m1/s1. The average molecular weight is 336 g/mol. The Kier molecular flexibility index (Phi) is 5.64. The van der Waals surface area contributed by atoms with Crippen molar-refractivity contribution in [1.82, 2.24) is 0 Å². The summed E-state index contributed by atoms with van der Waals surface area (Å²) in [6.45, 7) is 0. The highest BCUT2D eigenvalue weighted by atomic mass is 16.5. The second-order valence-electron chi connectivity index (χ2n) is 6.66. The molecule has 2 aromatic carbocycles. The van der Waals surface area contributed by atoms with E-state index in [4.69, 9.17) is 4.74 Å². The quantitative estimate of drug-likeness (QED) is 0.711. The Morgan fingerprint density at radius 3 is 2.52 bits per heavy atom. The summed E-state index contributed by atoms with van der Waals surface area (Å²) in [5, 5.41) is 0. The van der Waals surface area contributed by atoms with E-state index in [1.54, 1.807) is 7.11 Å². The fourth-order valence-corrected chi connectivity index (χ4v) is 3.82. The number of para-hydroxylation sites is 1. The summed E-state index contributed by atoms with van der Waals surface area (Å²) >= 11 is 0. The molecule has 0 saturated heterocycles. The molecule has 0 spiro atoms. The van der Waals surface area contributed by atoms with Crippen molar-refractivity contribution in [2.45, 2.75) is 38.0 Å². The van der Waals surface area contributed by atoms with E-state index in [0.717, 1.165) is 30.6 Å². The monoisotopic (exact) mass is 336 g/mol. The predicted molar refractivity (Wildman–Crippen MR) is 98.1 cm³/mol. The molecule has 2 atom stereocenters. The van der Waals surface area contributed by atoms with E-state index in [1.807, 2.05) is 54.6 Å². The first kappa shape index (κ1) is 17.4. The van der Waals surface area contributed by atoms with Crippen molar-refractivity contribution in [3.05, 3.63) is 65.7 Å². The topological polar surface area (TPSA) is 43.4 Å². The Morgan fingerprint density at radius 2 is 1.80 bits per heavy atom. The summed E-state index contributed by atoms with van der Waals surface area (Å²) in [5.74, 6) is 0.888. The van der Waals surface area contributed by atoms with Crippen molar-refractivity contribution in [3.8, 4) is 5.75 Å². The third-order valence-electron chi connectivity index (χ3n) is 5.13. The Labute approximate surface area is 149 Å². The molecule has 2 aromatic rings. The molecule has 3 nitrogen and oxygen atoms in total. The van der Waals surface area contributed by atoms with E-state index in [0.29, 0.717) is 18.4 Å². The highest BCUT2D eigenvalue weighted by molar-refractivity contribution is 5.97. The number of ether oxygens (including phenoxy) is 1. The predicted octanol–water partition coefficient (Wildman–Crippen LogP) is 4.81. The SMILES string of the molecule is COc1ccccc1[C@@H](CC(=O)c1ccccc1)[C@H]1CCCCC1=O. The van der Waals surface area contributed by atoms with Crippen molar-refractivity contribution in [3.63, 3.8) is 0 Å². The minimum atomic E-state index is -0.128. The molecular weight excluding hydrogens is 312 g/mol. The van der Waals surface area contributed by atoms with E-state index in [-0.39, 0.29) is 23.4 Å². The van der Waals surface area contributed by atoms with Crippen LogP contribution in [0.2, 0.25) is 0 Å². The first-order chi connectivity index (χ1) is 12.2. The van der Waals surface area contributed by atoms with Crippen LogP contribution < -0.4 is 4.74 Å². The molecule has 130 valence electrons. The Morgan fingerprint density at radius 1 is 1.08 bits per heavy atom. The van der Waals surface area contributed by atoms with Gasteiger partial charge in [-0.2, -0.15) is 0 Å². The summed E-state index contributed by atoms with van der Waals surface area (Å²) in [7, 11) is 1.64. The van der Waals surface area contributed by atoms with E-state index in [1.165, 1.54) is 0 Å². The molecule has 0 radical (unpaired) electrons. The Bertz CT molecular complexity index is 736. The van der Waals surface area contributed by atoms with Crippen molar-refractivity contribution in [2.24, 2.45) is 5.92 Å². The lowest BCUT2D eigenvalue weighted by Crippen LogP contribution is -2.27. The third kappa shape index (κ3) is 3.98. The fourth-order valence-electron chi connectivity index (χ4n) is 3.82. The van der Waals surface area contributed by atoms with Crippen LogP contribution in [0, 0.1) is 5.92 Å². The zero-order valence-corrected chi connectivity index (χ0v) is 14.6. The van der Waals surface area contributed by atoms with Crippen LogP contribution in [0.25, 0.3) is 0 Å². The van der Waals surface area contributed by atoms with Crippen molar-refractivity contribution in [2.75, 3.05) is 7.11 Å². The van der Waals surface area contributed by atoms with Gasteiger partial charge in [0.05, 0.1) is 7.11 Å². The normalized spacial score (nSPS) is 18.6. The largest absolute Gasteiger partial charge is 0.496 e. The molecule has 0 N–H and O–H groups in total. The number of Topliss-reactive ketones (excluding diaryl/α,β-unsaturated/α-hetero) is 2. The zero-order chi connectivity index (χ0) is 17.6. The van der Waals surface area contributed by atoms with Crippen LogP contribution in [0.1, 0.15) is 53.9 Å². The summed E-state index contributed by atoms with van der Waals surface area (Å²) in [5.41, 5.74) is 1.67. The molecule has 0 bridgehead atoms. The van der Waals surface area contributed by atoms with Gasteiger partial charge in [0.1, 0.15) is 11.5 Å². The van der Waals surface area contributed by atoms with Crippen LogP contribution in [0.15, 0.2) is 54.6 Å². The zero-order valence-electron chi connectivity index (χ0n) is 14.6. The number of carbonyl (C=O) groups excluding carboxylic acids is 2. The second kappa shape index (κ2) is 8.11. The Hall–Kier alpha value is -2.42. The lowest BCUT2D eigenvalue weighted by Gasteiger charge is -2.30. The number of rotatable bonds is 6. The molecule has 25 heavy (non-hydrogen) atoms. The van der Waals surface area contributed by atoms with Gasteiger partial charge in [-0.1, -0.05) is 55.0 Å². The first-order valence-electron chi connectivity index (χ1n) is 8.94. The van der Waals surface area contributed by atoms with E-state index in [2.05, 4.69) is 0 Å². The minimum Gasteiger partial charge on any atom is -0.496 e. The molecule has 1 aliphatic rings. The summed E-state index contributed by atoms with van der Waals surface area (Å²) in [6, 6.07) is 17.1. The van der Waals surface area contributed by atoms with Crippen LogP contribution in [-0.2, 0) is 4.79 Å². The Balaban J connectivity index is 1.94. The van der Waals surface area contributed by atoms with Crippen LogP contribution in [0.3, 0.4) is 0 Å². The molecule has 0 heterocycles. The molecule has 1 aliphatic carbocycles. The molecule has 3 rings (SSSR count). The van der Waals surface area contributed by atoms with Gasteiger partial charge in [0.25, 0.3) is 0 Å². The molecule has 1 fully saturated rings. The summed E-state index contributed by atoms with van der Waals surface area (Å²) < 4.78 is 5.52. The lowest BCUT2D eigenvalue weighted by atomic mass is 9.73. The molecule has 3 heteroatoms. The molecule has 0 unspecified atom stereocenters. The third-order valence-corrected chi connectivity index (χ3v) is 5.13. The van der Waals surface area contributed by atoms with Gasteiger partial charge in [-0.25, -0.2) is 0 Å².